The monoisotopic (exact) mass is 1010 g/mol. The Kier molecular flexibility index (Phi) is 15.0. The van der Waals surface area contributed by atoms with Crippen LogP contribution in [0.1, 0.15) is 91.9 Å². The van der Waals surface area contributed by atoms with Crippen LogP contribution in [0.2, 0.25) is 0 Å². The molecule has 2 aliphatic heterocycles. The van der Waals surface area contributed by atoms with Gasteiger partial charge in [0, 0.05) is 116 Å². The van der Waals surface area contributed by atoms with Crippen molar-refractivity contribution in [3.05, 3.63) is 150 Å². The first kappa shape index (κ1) is 51.1. The van der Waals surface area contributed by atoms with Crippen molar-refractivity contribution in [2.75, 3.05) is 70.1 Å². The second-order valence-electron chi connectivity index (χ2n) is 17.8. The topological polar surface area (TPSA) is 298 Å². The van der Waals surface area contributed by atoms with Gasteiger partial charge in [0.2, 0.25) is 5.91 Å². The molecule has 380 valence electrons. The van der Waals surface area contributed by atoms with Gasteiger partial charge >= 0.3 is 0 Å². The summed E-state index contributed by atoms with van der Waals surface area (Å²) in [4.78, 5) is 134. The van der Waals surface area contributed by atoms with Crippen LogP contribution in [0.3, 0.4) is 0 Å². The Morgan fingerprint density at radius 3 is 1.76 bits per heavy atom. The summed E-state index contributed by atoms with van der Waals surface area (Å²) < 4.78 is 1.59. The number of hydrogen-bond acceptors (Lipinski definition) is 14. The summed E-state index contributed by atoms with van der Waals surface area (Å²) in [5.41, 5.74) is -0.254. The Bertz CT molecular complexity index is 3370. The van der Waals surface area contributed by atoms with Gasteiger partial charge in [-0.25, -0.2) is 4.90 Å². The minimum atomic E-state index is -0.934. The molecule has 0 atom stereocenters. The van der Waals surface area contributed by atoms with Gasteiger partial charge in [0.05, 0.1) is 32.3 Å². The first-order chi connectivity index (χ1) is 35.4. The molecule has 8 rings (SSSR count). The lowest BCUT2D eigenvalue weighted by molar-refractivity contribution is -0.384. The molecule has 23 nitrogen and oxygen atoms in total. The third-order valence-electron chi connectivity index (χ3n) is 12.4. The number of carbonyl (C=O) groups excluding carboxylic acids is 8. The maximum atomic E-state index is 14.2. The zero-order valence-corrected chi connectivity index (χ0v) is 40.3. The van der Waals surface area contributed by atoms with Gasteiger partial charge < -0.3 is 36.1 Å². The van der Waals surface area contributed by atoms with E-state index in [1.807, 2.05) is 19.0 Å². The summed E-state index contributed by atoms with van der Waals surface area (Å²) >= 11 is 0. The van der Waals surface area contributed by atoms with Crippen molar-refractivity contribution >= 4 is 91.6 Å². The average Bonchev–Trinajstić information content (AvgIpc) is 3.76. The summed E-state index contributed by atoms with van der Waals surface area (Å²) in [5, 5.41) is 38.7. The van der Waals surface area contributed by atoms with Crippen molar-refractivity contribution in [3.8, 4) is 0 Å². The van der Waals surface area contributed by atoms with E-state index in [9.17, 15) is 58.6 Å². The lowest BCUT2D eigenvalue weighted by Gasteiger charge is -2.28. The van der Waals surface area contributed by atoms with Gasteiger partial charge in [-0.05, 0) is 80.7 Å². The number of amides is 8. The van der Waals surface area contributed by atoms with E-state index in [1.54, 1.807) is 36.0 Å². The molecule has 6 aromatic rings. The van der Waals surface area contributed by atoms with Gasteiger partial charge in [-0.2, -0.15) is 0 Å². The minimum absolute atomic E-state index is 0.0174. The molecular formula is C51H49N11O12. The Morgan fingerprint density at radius 1 is 0.608 bits per heavy atom. The Hall–Kier alpha value is -9.22. The molecular weight excluding hydrogens is 959 g/mol. The molecule has 1 aromatic heterocycles. The number of hydrogen-bond donors (Lipinski definition) is 5. The predicted octanol–water partition coefficient (Wildman–Crippen LogP) is 4.39. The van der Waals surface area contributed by atoms with E-state index in [0.29, 0.717) is 28.7 Å². The molecule has 0 unspecified atom stereocenters. The molecule has 0 saturated carbocycles. The van der Waals surface area contributed by atoms with E-state index < -0.39 is 51.0 Å². The summed E-state index contributed by atoms with van der Waals surface area (Å²) in [5.74, 6) is -5.14. The maximum Gasteiger partial charge on any atom is 0.270 e. The van der Waals surface area contributed by atoms with Gasteiger partial charge in [0.15, 0.2) is 0 Å². The minimum Gasteiger partial charge on any atom is -0.352 e. The number of nitro benzene ring substituents is 2. The number of nitrogens with one attached hydrogen (secondary N) is 5. The summed E-state index contributed by atoms with van der Waals surface area (Å²) in [6.45, 7) is 1.31. The highest BCUT2D eigenvalue weighted by molar-refractivity contribution is 6.36. The second-order valence-corrected chi connectivity index (χ2v) is 17.8. The van der Waals surface area contributed by atoms with E-state index in [-0.39, 0.29) is 113 Å². The number of benzene rings is 5. The van der Waals surface area contributed by atoms with E-state index in [4.69, 9.17) is 0 Å². The fraction of sp³-hybridized carbons (Fsp3) is 0.255. The van der Waals surface area contributed by atoms with Crippen LogP contribution in [0.5, 0.6) is 0 Å². The molecule has 5 N–H and O–H groups in total. The third kappa shape index (κ3) is 10.7. The lowest BCUT2D eigenvalue weighted by atomic mass is 9.92. The van der Waals surface area contributed by atoms with Crippen molar-refractivity contribution in [2.45, 2.75) is 19.3 Å². The van der Waals surface area contributed by atoms with Crippen molar-refractivity contribution < 1.29 is 48.2 Å². The molecule has 3 heterocycles. The molecule has 0 aliphatic carbocycles. The molecule has 0 spiro atoms. The standard InChI is InChI=1S/C51H49N11O12/c1-57(2)18-7-14-54-47(66)41-25-33(28-58(41)3)56-42(63)12-6-13-53-45(64)31-20-32(24-34(23-31)60-50(69)38-11-5-9-30-22-36(62(73)74)27-40(44(30)38)51(60)70)46(65)55-16-15-52-17-19-59-48(67)37-10-4-8-29-21-35(61(71)72)26-39(43(29)37)49(59)68/h4-5,8-11,20-28,52H,6-7,12-19H2,1-3H3,(H,53,64)(H,54,66)(H,55,65)(H,56,63). The number of rotatable bonds is 21. The van der Waals surface area contributed by atoms with Crippen LogP contribution in [-0.4, -0.2) is 131 Å². The van der Waals surface area contributed by atoms with E-state index in [2.05, 4.69) is 26.6 Å². The SMILES string of the molecule is CN(C)CCCNC(=O)c1cc(NC(=O)CCCNC(=O)c2cc(C(=O)NCCNCCN3C(=O)c4cccc5cc([N+](=O)[O-])cc(c45)C3=O)cc(N3C(=O)c4cccc5cc([N+](=O)[O-])cc(c45)C3=O)c2)cn1C. The van der Waals surface area contributed by atoms with Crippen molar-refractivity contribution in [1.82, 2.24) is 35.6 Å². The Labute approximate surface area is 421 Å². The van der Waals surface area contributed by atoms with Crippen molar-refractivity contribution in [2.24, 2.45) is 7.05 Å². The first-order valence-corrected chi connectivity index (χ1v) is 23.4. The maximum absolute atomic E-state index is 14.2. The van der Waals surface area contributed by atoms with Gasteiger partial charge in [-0.1, -0.05) is 24.3 Å². The molecule has 0 bridgehead atoms. The third-order valence-corrected chi connectivity index (χ3v) is 12.4. The Balaban J connectivity index is 0.928. The summed E-state index contributed by atoms with van der Waals surface area (Å²) in [6.07, 6.45) is 2.50. The molecule has 8 amide bonds. The highest BCUT2D eigenvalue weighted by atomic mass is 16.6. The van der Waals surface area contributed by atoms with Crippen molar-refractivity contribution in [1.29, 1.82) is 0 Å². The zero-order chi connectivity index (χ0) is 53.0. The molecule has 0 fully saturated rings. The quantitative estimate of drug-likeness (QED) is 0.0289. The summed E-state index contributed by atoms with van der Waals surface area (Å²) in [7, 11) is 5.56. The highest BCUT2D eigenvalue weighted by Crippen LogP contribution is 2.37. The van der Waals surface area contributed by atoms with Crippen LogP contribution in [0.25, 0.3) is 21.5 Å². The lowest BCUT2D eigenvalue weighted by Crippen LogP contribution is -2.44. The highest BCUT2D eigenvalue weighted by Gasteiger charge is 2.37. The number of carbonyl (C=O) groups is 8. The number of aryl methyl sites for hydroxylation is 1. The smallest absolute Gasteiger partial charge is 0.270 e. The second kappa shape index (κ2) is 21.6. The Morgan fingerprint density at radius 2 is 1.15 bits per heavy atom. The van der Waals surface area contributed by atoms with Gasteiger partial charge in [0.1, 0.15) is 5.69 Å². The molecule has 5 aromatic carbocycles. The average molecular weight is 1010 g/mol. The van der Waals surface area contributed by atoms with Crippen LogP contribution < -0.4 is 31.5 Å². The number of anilines is 2. The normalized spacial score (nSPS) is 12.9. The molecule has 0 saturated heterocycles. The zero-order valence-electron chi connectivity index (χ0n) is 40.3. The largest absolute Gasteiger partial charge is 0.352 e. The van der Waals surface area contributed by atoms with E-state index >= 15 is 0 Å². The summed E-state index contributed by atoms with van der Waals surface area (Å²) in [6, 6.07) is 19.2. The molecule has 0 radical (unpaired) electrons. The van der Waals surface area contributed by atoms with E-state index in [0.717, 1.165) is 34.9 Å². The number of nitro groups is 2. The van der Waals surface area contributed by atoms with Gasteiger partial charge in [0.25, 0.3) is 52.7 Å². The van der Waals surface area contributed by atoms with E-state index in [1.165, 1.54) is 54.6 Å². The molecule has 2 aliphatic rings. The van der Waals surface area contributed by atoms with Gasteiger partial charge in [-0.15, -0.1) is 0 Å². The van der Waals surface area contributed by atoms with Crippen LogP contribution in [0.4, 0.5) is 22.7 Å². The predicted molar refractivity (Wildman–Crippen MR) is 270 cm³/mol. The number of aromatic nitrogens is 1. The number of non-ortho nitro benzene ring substituents is 2. The van der Waals surface area contributed by atoms with Crippen LogP contribution >= 0.6 is 0 Å². The number of nitrogens with zero attached hydrogens (tertiary/aromatic N) is 6. The first-order valence-electron chi connectivity index (χ1n) is 23.4. The fourth-order valence-corrected chi connectivity index (χ4v) is 8.89. The van der Waals surface area contributed by atoms with Crippen molar-refractivity contribution in [3.63, 3.8) is 0 Å². The van der Waals surface area contributed by atoms with Gasteiger partial charge in [-0.3, -0.25) is 63.5 Å². The van der Waals surface area contributed by atoms with Crippen LogP contribution in [0, 0.1) is 20.2 Å². The van der Waals surface area contributed by atoms with Crippen LogP contribution in [-0.2, 0) is 11.8 Å². The fourth-order valence-electron chi connectivity index (χ4n) is 8.89. The molecule has 23 heteroatoms. The van der Waals surface area contributed by atoms with Crippen LogP contribution in [0.15, 0.2) is 91.1 Å². The molecule has 74 heavy (non-hydrogen) atoms. The number of imide groups is 2.